The number of hydrogen-bond acceptors (Lipinski definition) is 4. The molecule has 0 radical (unpaired) electrons. The van der Waals surface area contributed by atoms with Crippen LogP contribution in [0.15, 0.2) is 36.9 Å². The number of nitrogens with zero attached hydrogens (tertiary/aromatic N) is 4. The van der Waals surface area contributed by atoms with Gasteiger partial charge in [0.2, 0.25) is 5.91 Å². The molecule has 3 rings (SSSR count). The summed E-state index contributed by atoms with van der Waals surface area (Å²) in [5.74, 6) is -0.0376. The van der Waals surface area contributed by atoms with Crippen molar-refractivity contribution in [2.45, 2.75) is 26.8 Å². The van der Waals surface area contributed by atoms with Gasteiger partial charge in [0.25, 0.3) is 0 Å². The van der Waals surface area contributed by atoms with Gasteiger partial charge in [0.1, 0.15) is 18.2 Å². The quantitative estimate of drug-likeness (QED) is 0.805. The zero-order valence-corrected chi connectivity index (χ0v) is 12.7. The van der Waals surface area contributed by atoms with Crippen LogP contribution < -0.4 is 5.32 Å². The van der Waals surface area contributed by atoms with Crippen LogP contribution in [0.3, 0.4) is 0 Å². The highest BCUT2D eigenvalue weighted by molar-refractivity contribution is 5.75. The molecule has 1 unspecified atom stereocenters. The summed E-state index contributed by atoms with van der Waals surface area (Å²) in [6, 6.07) is 7.96. The van der Waals surface area contributed by atoms with E-state index in [1.165, 1.54) is 6.92 Å². The van der Waals surface area contributed by atoms with Gasteiger partial charge in [-0.15, -0.1) is 0 Å². The van der Waals surface area contributed by atoms with E-state index in [1.54, 1.807) is 12.7 Å². The van der Waals surface area contributed by atoms with Crippen molar-refractivity contribution in [1.82, 2.24) is 24.8 Å². The van der Waals surface area contributed by atoms with Crippen LogP contribution in [0.5, 0.6) is 0 Å². The highest BCUT2D eigenvalue weighted by Gasteiger charge is 2.10. The fourth-order valence-electron chi connectivity index (χ4n) is 2.45. The molecule has 3 aromatic rings. The lowest BCUT2D eigenvalue weighted by Gasteiger charge is -2.13. The molecular weight excluding hydrogens is 278 g/mol. The summed E-state index contributed by atoms with van der Waals surface area (Å²) >= 11 is 0. The smallest absolute Gasteiger partial charge is 0.217 e. The average Bonchev–Trinajstić information content (AvgIpc) is 2.92. The number of benzene rings is 1. The molecule has 0 aliphatic heterocycles. The first kappa shape index (κ1) is 14.2. The van der Waals surface area contributed by atoms with E-state index in [-0.39, 0.29) is 11.9 Å². The van der Waals surface area contributed by atoms with Gasteiger partial charge in [-0.2, -0.15) is 0 Å². The fourth-order valence-corrected chi connectivity index (χ4v) is 2.45. The Labute approximate surface area is 128 Å². The van der Waals surface area contributed by atoms with Crippen LogP contribution in [0.25, 0.3) is 16.9 Å². The Kier molecular flexibility index (Phi) is 3.58. The molecule has 2 heterocycles. The summed E-state index contributed by atoms with van der Waals surface area (Å²) in [4.78, 5) is 24.0. The zero-order chi connectivity index (χ0) is 15.7. The van der Waals surface area contributed by atoms with Crippen LogP contribution in [-0.2, 0) is 4.79 Å². The minimum atomic E-state index is -0.0376. The number of amides is 1. The number of rotatable bonds is 3. The van der Waals surface area contributed by atoms with Crippen LogP contribution in [0, 0.1) is 6.92 Å². The van der Waals surface area contributed by atoms with Crippen molar-refractivity contribution in [3.8, 4) is 5.69 Å². The Bertz CT molecular complexity index is 822. The van der Waals surface area contributed by atoms with Crippen molar-refractivity contribution in [1.29, 1.82) is 0 Å². The van der Waals surface area contributed by atoms with Gasteiger partial charge in [-0.05, 0) is 31.5 Å². The van der Waals surface area contributed by atoms with Gasteiger partial charge in [0, 0.05) is 12.6 Å². The van der Waals surface area contributed by atoms with E-state index in [0.29, 0.717) is 0 Å². The monoisotopic (exact) mass is 295 g/mol. The second kappa shape index (κ2) is 5.55. The summed E-state index contributed by atoms with van der Waals surface area (Å²) in [6.07, 6.45) is 3.29. The molecule has 0 aliphatic rings. The van der Waals surface area contributed by atoms with Crippen LogP contribution in [0.4, 0.5) is 0 Å². The van der Waals surface area contributed by atoms with E-state index in [2.05, 4.69) is 20.3 Å². The second-order valence-electron chi connectivity index (χ2n) is 5.26. The highest BCUT2D eigenvalue weighted by Crippen LogP contribution is 2.20. The van der Waals surface area contributed by atoms with E-state index >= 15 is 0 Å². The van der Waals surface area contributed by atoms with E-state index in [1.807, 2.05) is 42.7 Å². The van der Waals surface area contributed by atoms with Gasteiger partial charge in [-0.25, -0.2) is 15.0 Å². The van der Waals surface area contributed by atoms with Crippen LogP contribution in [-0.4, -0.2) is 25.4 Å². The molecule has 0 aliphatic carbocycles. The molecule has 6 nitrogen and oxygen atoms in total. The molecular formula is C16H17N5O. The summed E-state index contributed by atoms with van der Waals surface area (Å²) in [7, 11) is 0. The Balaban J connectivity index is 1.95. The molecule has 0 bridgehead atoms. The third-order valence-corrected chi connectivity index (χ3v) is 3.61. The molecule has 0 fully saturated rings. The maximum atomic E-state index is 11.1. The van der Waals surface area contributed by atoms with Crippen molar-refractivity contribution < 1.29 is 4.79 Å². The molecule has 2 aromatic heterocycles. The summed E-state index contributed by atoms with van der Waals surface area (Å²) in [5.41, 5.74) is 4.47. The number of nitrogens with one attached hydrogen (secondary N) is 1. The first-order valence-electron chi connectivity index (χ1n) is 7.08. The molecule has 1 atom stereocenters. The van der Waals surface area contributed by atoms with Crippen molar-refractivity contribution in [3.05, 3.63) is 48.2 Å². The van der Waals surface area contributed by atoms with Gasteiger partial charge >= 0.3 is 0 Å². The number of fused-ring (bicyclic) bond motifs is 1. The molecule has 1 N–H and O–H groups in total. The number of hydrogen-bond donors (Lipinski definition) is 1. The third kappa shape index (κ3) is 2.55. The molecule has 0 saturated carbocycles. The predicted octanol–water partition coefficient (Wildman–Crippen LogP) is 2.32. The van der Waals surface area contributed by atoms with Crippen LogP contribution in [0.1, 0.15) is 31.1 Å². The van der Waals surface area contributed by atoms with Crippen molar-refractivity contribution in [3.63, 3.8) is 0 Å². The molecule has 0 spiro atoms. The average molecular weight is 295 g/mol. The number of carbonyl (C=O) groups is 1. The van der Waals surface area contributed by atoms with Gasteiger partial charge < -0.3 is 5.32 Å². The van der Waals surface area contributed by atoms with E-state index in [9.17, 15) is 4.79 Å². The lowest BCUT2D eigenvalue weighted by atomic mass is 10.1. The fraction of sp³-hybridized carbons (Fsp3) is 0.250. The summed E-state index contributed by atoms with van der Waals surface area (Å²) in [6.45, 7) is 5.39. The third-order valence-electron chi connectivity index (χ3n) is 3.61. The number of aryl methyl sites for hydroxylation is 1. The first-order valence-corrected chi connectivity index (χ1v) is 7.08. The minimum Gasteiger partial charge on any atom is -0.350 e. The van der Waals surface area contributed by atoms with E-state index < -0.39 is 0 Å². The topological polar surface area (TPSA) is 72.7 Å². The Morgan fingerprint density at radius 1 is 1.18 bits per heavy atom. The van der Waals surface area contributed by atoms with Gasteiger partial charge in [0.05, 0.1) is 11.7 Å². The largest absolute Gasteiger partial charge is 0.350 e. The molecule has 0 saturated heterocycles. The van der Waals surface area contributed by atoms with Gasteiger partial charge in [-0.1, -0.05) is 12.1 Å². The number of carbonyl (C=O) groups excluding carboxylic acids is 1. The van der Waals surface area contributed by atoms with E-state index in [4.69, 9.17) is 0 Å². The minimum absolute atomic E-state index is 0.0179. The van der Waals surface area contributed by atoms with Crippen molar-refractivity contribution >= 4 is 17.1 Å². The van der Waals surface area contributed by atoms with Gasteiger partial charge in [0.15, 0.2) is 5.65 Å². The normalized spacial score (nSPS) is 12.3. The van der Waals surface area contributed by atoms with Crippen molar-refractivity contribution in [2.24, 2.45) is 0 Å². The second-order valence-corrected chi connectivity index (χ2v) is 5.26. The Hall–Kier alpha value is -2.76. The van der Waals surface area contributed by atoms with Crippen LogP contribution in [0.2, 0.25) is 0 Å². The standard InChI is InChI=1S/C16H17N5O/c1-10(20-12(3)22)13-4-6-14(7-5-13)21-9-19-15-11(2)17-8-18-16(15)21/h4-10H,1-3H3,(H,20,22). The van der Waals surface area contributed by atoms with Crippen LogP contribution >= 0.6 is 0 Å². The van der Waals surface area contributed by atoms with Crippen molar-refractivity contribution in [2.75, 3.05) is 0 Å². The predicted molar refractivity (Wildman–Crippen MR) is 83.6 cm³/mol. The maximum Gasteiger partial charge on any atom is 0.217 e. The SMILES string of the molecule is CC(=O)NC(C)c1ccc(-n2cnc3c(C)ncnc32)cc1. The number of imidazole rings is 1. The Morgan fingerprint density at radius 2 is 1.91 bits per heavy atom. The number of aromatic nitrogens is 4. The highest BCUT2D eigenvalue weighted by atomic mass is 16.1. The molecule has 112 valence electrons. The zero-order valence-electron chi connectivity index (χ0n) is 12.7. The van der Waals surface area contributed by atoms with E-state index in [0.717, 1.165) is 28.1 Å². The Morgan fingerprint density at radius 3 is 2.59 bits per heavy atom. The molecule has 22 heavy (non-hydrogen) atoms. The molecule has 6 heteroatoms. The summed E-state index contributed by atoms with van der Waals surface area (Å²) in [5, 5.41) is 2.87. The lowest BCUT2D eigenvalue weighted by Crippen LogP contribution is -2.23. The summed E-state index contributed by atoms with van der Waals surface area (Å²) < 4.78 is 1.93. The maximum absolute atomic E-state index is 11.1. The first-order chi connectivity index (χ1) is 10.6. The lowest BCUT2D eigenvalue weighted by molar-refractivity contribution is -0.119. The van der Waals surface area contributed by atoms with Gasteiger partial charge in [-0.3, -0.25) is 9.36 Å². The molecule has 1 aromatic carbocycles. The molecule has 1 amide bonds.